The van der Waals surface area contributed by atoms with E-state index in [-0.39, 0.29) is 29.8 Å². The van der Waals surface area contributed by atoms with E-state index in [0.717, 1.165) is 16.7 Å². The number of ether oxygens (including phenoxy) is 2. The number of nitrogens with zero attached hydrogens (tertiary/aromatic N) is 1. The van der Waals surface area contributed by atoms with Gasteiger partial charge >= 0.3 is 0 Å². The highest BCUT2D eigenvalue weighted by molar-refractivity contribution is 6.46. The first-order chi connectivity index (χ1) is 18.1. The van der Waals surface area contributed by atoms with E-state index >= 15 is 0 Å². The zero-order chi connectivity index (χ0) is 27.6. The van der Waals surface area contributed by atoms with Gasteiger partial charge in [-0.15, -0.1) is 0 Å². The lowest BCUT2D eigenvalue weighted by Crippen LogP contribution is -2.31. The molecule has 3 aromatic rings. The lowest BCUT2D eigenvalue weighted by molar-refractivity contribution is -0.139. The number of likely N-dealkylation sites (tertiary alicyclic amines) is 1. The Labute approximate surface area is 222 Å². The van der Waals surface area contributed by atoms with Crippen LogP contribution in [0.1, 0.15) is 47.7 Å². The predicted octanol–water partition coefficient (Wildman–Crippen LogP) is 5.90. The lowest BCUT2D eigenvalue weighted by Gasteiger charge is -2.26. The van der Waals surface area contributed by atoms with Gasteiger partial charge in [0.05, 0.1) is 30.4 Å². The molecule has 1 saturated heterocycles. The Balaban J connectivity index is 1.82. The molecule has 1 amide bonds. The van der Waals surface area contributed by atoms with E-state index in [2.05, 4.69) is 0 Å². The number of aliphatic hydroxyl groups is 1. The van der Waals surface area contributed by atoms with Gasteiger partial charge in [0.15, 0.2) is 0 Å². The van der Waals surface area contributed by atoms with Crippen LogP contribution in [0.15, 0.2) is 66.2 Å². The third-order valence-electron chi connectivity index (χ3n) is 6.54. The molecule has 0 bridgehead atoms. The van der Waals surface area contributed by atoms with Crippen LogP contribution in [0.5, 0.6) is 11.5 Å². The van der Waals surface area contributed by atoms with Gasteiger partial charge in [0.2, 0.25) is 0 Å². The molecule has 0 aromatic heterocycles. The van der Waals surface area contributed by atoms with E-state index in [1.54, 1.807) is 42.5 Å². The van der Waals surface area contributed by atoms with Crippen LogP contribution in [0, 0.1) is 19.7 Å². The summed E-state index contributed by atoms with van der Waals surface area (Å²) < 4.78 is 24.7. The van der Waals surface area contributed by atoms with Crippen LogP contribution in [0.25, 0.3) is 5.76 Å². The van der Waals surface area contributed by atoms with Gasteiger partial charge in [0.1, 0.15) is 23.1 Å². The Morgan fingerprint density at radius 3 is 2.29 bits per heavy atom. The van der Waals surface area contributed by atoms with E-state index in [4.69, 9.17) is 9.47 Å². The molecule has 1 aliphatic rings. The van der Waals surface area contributed by atoms with Crippen LogP contribution in [0.2, 0.25) is 0 Å². The smallest absolute Gasteiger partial charge is 0.295 e. The molecular formula is C31H32FNO5. The van der Waals surface area contributed by atoms with Crippen molar-refractivity contribution in [2.45, 2.75) is 46.3 Å². The third-order valence-corrected chi connectivity index (χ3v) is 6.54. The summed E-state index contributed by atoms with van der Waals surface area (Å²) in [6, 6.07) is 16.0. The average molecular weight is 518 g/mol. The number of hydrogen-bond acceptors (Lipinski definition) is 5. The second-order valence-corrected chi connectivity index (χ2v) is 9.77. The Kier molecular flexibility index (Phi) is 7.86. The largest absolute Gasteiger partial charge is 0.507 e. The SMILES string of the molecule is COc1c(C)cc(C)cc1/C(O)=C1\C(=O)C(=O)N(CCc2ccc(F)cc2)C1c1ccc(OC(C)C)cc1. The molecule has 198 valence electrons. The fraction of sp³-hybridized carbons (Fsp3) is 0.290. The molecule has 4 rings (SSSR count). The number of hydrogen-bond donors (Lipinski definition) is 1. The van der Waals surface area contributed by atoms with Crippen LogP contribution in [0.3, 0.4) is 0 Å². The van der Waals surface area contributed by atoms with Crippen molar-refractivity contribution in [2.75, 3.05) is 13.7 Å². The van der Waals surface area contributed by atoms with Gasteiger partial charge in [-0.2, -0.15) is 0 Å². The highest BCUT2D eigenvalue weighted by Crippen LogP contribution is 2.42. The lowest BCUT2D eigenvalue weighted by atomic mass is 9.93. The van der Waals surface area contributed by atoms with Crippen molar-refractivity contribution < 1.29 is 28.6 Å². The number of Topliss-reactive ketones (excluding diaryl/α,β-unsaturated/α-hetero) is 1. The zero-order valence-corrected chi connectivity index (χ0v) is 22.2. The van der Waals surface area contributed by atoms with E-state index in [0.29, 0.717) is 29.0 Å². The van der Waals surface area contributed by atoms with Gasteiger partial charge in [0.25, 0.3) is 11.7 Å². The highest BCUT2D eigenvalue weighted by Gasteiger charge is 2.46. The van der Waals surface area contributed by atoms with Crippen LogP contribution >= 0.6 is 0 Å². The van der Waals surface area contributed by atoms with Crippen LogP contribution < -0.4 is 9.47 Å². The molecule has 3 aromatic carbocycles. The van der Waals surface area contributed by atoms with E-state index in [9.17, 15) is 19.1 Å². The molecule has 1 fully saturated rings. The van der Waals surface area contributed by atoms with Crippen molar-refractivity contribution in [1.82, 2.24) is 4.90 Å². The van der Waals surface area contributed by atoms with Crippen molar-refractivity contribution in [3.63, 3.8) is 0 Å². The van der Waals surface area contributed by atoms with Crippen molar-refractivity contribution in [2.24, 2.45) is 0 Å². The first kappa shape index (κ1) is 26.9. The van der Waals surface area contributed by atoms with E-state index in [1.807, 2.05) is 33.8 Å². The van der Waals surface area contributed by atoms with Gasteiger partial charge in [-0.3, -0.25) is 9.59 Å². The topological polar surface area (TPSA) is 76.1 Å². The van der Waals surface area contributed by atoms with Crippen molar-refractivity contribution >= 4 is 17.4 Å². The Morgan fingerprint density at radius 1 is 1.03 bits per heavy atom. The minimum absolute atomic E-state index is 0.00469. The van der Waals surface area contributed by atoms with Crippen LogP contribution in [0.4, 0.5) is 4.39 Å². The van der Waals surface area contributed by atoms with E-state index in [1.165, 1.54) is 24.1 Å². The first-order valence-corrected chi connectivity index (χ1v) is 12.6. The summed E-state index contributed by atoms with van der Waals surface area (Å²) in [5, 5.41) is 11.5. The maximum Gasteiger partial charge on any atom is 0.295 e. The number of benzene rings is 3. The minimum Gasteiger partial charge on any atom is -0.507 e. The molecule has 1 aliphatic heterocycles. The molecule has 0 aliphatic carbocycles. The maximum absolute atomic E-state index is 13.4. The summed E-state index contributed by atoms with van der Waals surface area (Å²) in [7, 11) is 1.50. The number of rotatable bonds is 8. The number of aliphatic hydroxyl groups excluding tert-OH is 1. The van der Waals surface area contributed by atoms with Gasteiger partial charge in [-0.25, -0.2) is 4.39 Å². The Morgan fingerprint density at radius 2 is 1.68 bits per heavy atom. The van der Waals surface area contributed by atoms with Gasteiger partial charge in [-0.1, -0.05) is 30.3 Å². The molecule has 1 unspecified atom stereocenters. The fourth-order valence-corrected chi connectivity index (χ4v) is 4.90. The molecule has 1 N–H and O–H groups in total. The average Bonchev–Trinajstić information content (AvgIpc) is 3.12. The summed E-state index contributed by atoms with van der Waals surface area (Å²) in [4.78, 5) is 28.2. The molecule has 1 heterocycles. The van der Waals surface area contributed by atoms with Crippen molar-refractivity contribution in [3.05, 3.63) is 99.9 Å². The Bertz CT molecular complexity index is 1380. The second-order valence-electron chi connectivity index (χ2n) is 9.77. The molecule has 0 spiro atoms. The van der Waals surface area contributed by atoms with Gasteiger partial charge in [-0.05, 0) is 86.7 Å². The fourth-order valence-electron chi connectivity index (χ4n) is 4.90. The van der Waals surface area contributed by atoms with Crippen LogP contribution in [-0.2, 0) is 16.0 Å². The summed E-state index contributed by atoms with van der Waals surface area (Å²) in [6.45, 7) is 7.79. The molecule has 7 heteroatoms. The standard InChI is InChI=1S/C31H32FNO5/c1-18(2)38-24-12-8-22(9-13-24)27-26(28(34)25-17-19(3)16-20(4)30(25)37-5)29(35)31(36)33(27)15-14-21-6-10-23(32)11-7-21/h6-13,16-18,27,34H,14-15H2,1-5H3/b28-26+. The van der Waals surface area contributed by atoms with Crippen molar-refractivity contribution in [1.29, 1.82) is 0 Å². The number of carbonyl (C=O) groups excluding carboxylic acids is 2. The summed E-state index contributed by atoms with van der Waals surface area (Å²) in [6.07, 6.45) is 0.393. The molecule has 38 heavy (non-hydrogen) atoms. The van der Waals surface area contributed by atoms with E-state index < -0.39 is 17.7 Å². The van der Waals surface area contributed by atoms with Gasteiger partial charge in [0, 0.05) is 6.54 Å². The summed E-state index contributed by atoms with van der Waals surface area (Å²) in [5.74, 6) is -1.02. The third kappa shape index (κ3) is 5.42. The summed E-state index contributed by atoms with van der Waals surface area (Å²) in [5.41, 5.74) is 3.50. The Hall–Kier alpha value is -4.13. The summed E-state index contributed by atoms with van der Waals surface area (Å²) >= 11 is 0. The maximum atomic E-state index is 13.4. The monoisotopic (exact) mass is 517 g/mol. The second kappa shape index (κ2) is 11.1. The number of methoxy groups -OCH3 is 1. The molecule has 1 atom stereocenters. The molecular weight excluding hydrogens is 485 g/mol. The van der Waals surface area contributed by atoms with Crippen LogP contribution in [-0.4, -0.2) is 41.5 Å². The number of amides is 1. The van der Waals surface area contributed by atoms with Gasteiger partial charge < -0.3 is 19.5 Å². The number of carbonyl (C=O) groups is 2. The molecule has 0 radical (unpaired) electrons. The highest BCUT2D eigenvalue weighted by atomic mass is 19.1. The molecule has 0 saturated carbocycles. The number of aryl methyl sites for hydroxylation is 2. The molecule has 6 nitrogen and oxygen atoms in total. The number of halogens is 1. The first-order valence-electron chi connectivity index (χ1n) is 12.6. The predicted molar refractivity (Wildman–Crippen MR) is 144 cm³/mol. The number of ketones is 1. The van der Waals surface area contributed by atoms with Crippen molar-refractivity contribution in [3.8, 4) is 11.5 Å². The minimum atomic E-state index is -0.825. The normalized spacial score (nSPS) is 16.8. The quantitative estimate of drug-likeness (QED) is 0.229. The zero-order valence-electron chi connectivity index (χ0n) is 22.2.